The first-order valence-electron chi connectivity index (χ1n) is 9.19. The van der Waals surface area contributed by atoms with Gasteiger partial charge in [0, 0.05) is 0 Å². The van der Waals surface area contributed by atoms with E-state index in [1.54, 1.807) is 12.1 Å². The SMILES string of the molecule is COC(=O)/C(=C/c1ccccc1)c1c(C)cccc1-c1ccc(C(=O)OC)cc1. The Morgan fingerprint density at radius 2 is 1.48 bits per heavy atom. The largest absolute Gasteiger partial charge is 0.465 e. The van der Waals surface area contributed by atoms with E-state index in [0.717, 1.165) is 27.8 Å². The molecule has 0 aliphatic carbocycles. The highest BCUT2D eigenvalue weighted by molar-refractivity contribution is 6.23. The van der Waals surface area contributed by atoms with Crippen molar-refractivity contribution < 1.29 is 19.1 Å². The summed E-state index contributed by atoms with van der Waals surface area (Å²) in [5, 5.41) is 0. The molecule has 0 aliphatic heterocycles. The van der Waals surface area contributed by atoms with Crippen molar-refractivity contribution in [2.24, 2.45) is 0 Å². The van der Waals surface area contributed by atoms with E-state index in [1.165, 1.54) is 14.2 Å². The number of rotatable bonds is 5. The van der Waals surface area contributed by atoms with Gasteiger partial charge in [-0.1, -0.05) is 60.7 Å². The molecule has 0 saturated heterocycles. The molecule has 0 N–H and O–H groups in total. The van der Waals surface area contributed by atoms with E-state index in [0.29, 0.717) is 11.1 Å². The number of carbonyl (C=O) groups is 2. The van der Waals surface area contributed by atoms with Crippen molar-refractivity contribution >= 4 is 23.6 Å². The van der Waals surface area contributed by atoms with Gasteiger partial charge in [-0.15, -0.1) is 0 Å². The molecule has 3 rings (SSSR count). The van der Waals surface area contributed by atoms with Crippen LogP contribution < -0.4 is 0 Å². The van der Waals surface area contributed by atoms with Gasteiger partial charge in [-0.25, -0.2) is 9.59 Å². The molecule has 0 bridgehead atoms. The van der Waals surface area contributed by atoms with Crippen LogP contribution in [0.5, 0.6) is 0 Å². The second-order valence-corrected chi connectivity index (χ2v) is 6.53. The summed E-state index contributed by atoms with van der Waals surface area (Å²) in [6, 6.07) is 22.6. The molecule has 29 heavy (non-hydrogen) atoms. The van der Waals surface area contributed by atoms with E-state index >= 15 is 0 Å². The van der Waals surface area contributed by atoms with Crippen LogP contribution in [0.1, 0.15) is 27.0 Å². The summed E-state index contributed by atoms with van der Waals surface area (Å²) in [5.74, 6) is -0.796. The molecule has 0 spiro atoms. The van der Waals surface area contributed by atoms with Crippen molar-refractivity contribution in [1.82, 2.24) is 0 Å². The van der Waals surface area contributed by atoms with Gasteiger partial charge in [-0.3, -0.25) is 0 Å². The van der Waals surface area contributed by atoms with Crippen LogP contribution in [0.2, 0.25) is 0 Å². The Morgan fingerprint density at radius 1 is 0.793 bits per heavy atom. The number of benzene rings is 3. The molecule has 0 saturated carbocycles. The highest BCUT2D eigenvalue weighted by Gasteiger charge is 2.19. The van der Waals surface area contributed by atoms with Crippen molar-refractivity contribution in [2.75, 3.05) is 14.2 Å². The lowest BCUT2D eigenvalue weighted by Crippen LogP contribution is -2.07. The minimum atomic E-state index is -0.407. The maximum atomic E-state index is 12.7. The summed E-state index contributed by atoms with van der Waals surface area (Å²) in [6.45, 7) is 1.96. The van der Waals surface area contributed by atoms with Gasteiger partial charge >= 0.3 is 11.9 Å². The second kappa shape index (κ2) is 9.02. The predicted molar refractivity (Wildman–Crippen MR) is 114 cm³/mol. The Balaban J connectivity index is 2.17. The zero-order chi connectivity index (χ0) is 20.8. The van der Waals surface area contributed by atoms with Gasteiger partial charge in [0.1, 0.15) is 0 Å². The van der Waals surface area contributed by atoms with E-state index < -0.39 is 5.97 Å². The number of hydrogen-bond acceptors (Lipinski definition) is 4. The summed E-state index contributed by atoms with van der Waals surface area (Å²) >= 11 is 0. The van der Waals surface area contributed by atoms with Crippen molar-refractivity contribution in [2.45, 2.75) is 6.92 Å². The molecule has 0 atom stereocenters. The van der Waals surface area contributed by atoms with Gasteiger partial charge in [0.15, 0.2) is 0 Å². The molecule has 0 unspecified atom stereocenters. The van der Waals surface area contributed by atoms with Gasteiger partial charge in [0.2, 0.25) is 0 Å². The van der Waals surface area contributed by atoms with Crippen LogP contribution in [0.3, 0.4) is 0 Å². The first-order chi connectivity index (χ1) is 14.0. The van der Waals surface area contributed by atoms with E-state index in [1.807, 2.05) is 73.7 Å². The summed E-state index contributed by atoms with van der Waals surface area (Å²) in [5.41, 5.74) is 5.37. The third-order valence-electron chi connectivity index (χ3n) is 4.68. The Morgan fingerprint density at radius 3 is 2.10 bits per heavy atom. The molecule has 0 heterocycles. The Bertz CT molecular complexity index is 1050. The first-order valence-corrected chi connectivity index (χ1v) is 9.19. The molecule has 4 nitrogen and oxygen atoms in total. The fourth-order valence-electron chi connectivity index (χ4n) is 3.23. The smallest absolute Gasteiger partial charge is 0.338 e. The molecule has 3 aromatic rings. The van der Waals surface area contributed by atoms with E-state index in [2.05, 4.69) is 0 Å². The van der Waals surface area contributed by atoms with Gasteiger partial charge in [-0.05, 0) is 52.9 Å². The number of carbonyl (C=O) groups excluding carboxylic acids is 2. The van der Waals surface area contributed by atoms with Crippen LogP contribution in [0.4, 0.5) is 0 Å². The topological polar surface area (TPSA) is 52.6 Å². The lowest BCUT2D eigenvalue weighted by Gasteiger charge is -2.15. The molecule has 4 heteroatoms. The van der Waals surface area contributed by atoms with Crippen LogP contribution in [0.15, 0.2) is 72.8 Å². The van der Waals surface area contributed by atoms with Gasteiger partial charge < -0.3 is 9.47 Å². The standard InChI is InChI=1S/C25H22O4/c1-17-8-7-11-21(19-12-14-20(15-13-19)24(26)28-2)23(17)22(25(27)29-3)16-18-9-5-4-6-10-18/h4-16H,1-3H3/b22-16+. The lowest BCUT2D eigenvalue weighted by molar-refractivity contribution is -0.133. The van der Waals surface area contributed by atoms with E-state index in [9.17, 15) is 9.59 Å². The number of methoxy groups -OCH3 is 2. The zero-order valence-electron chi connectivity index (χ0n) is 16.6. The highest BCUT2D eigenvalue weighted by atomic mass is 16.5. The molecule has 0 fully saturated rings. The van der Waals surface area contributed by atoms with Crippen LogP contribution in [0, 0.1) is 6.92 Å². The summed E-state index contributed by atoms with van der Waals surface area (Å²) < 4.78 is 9.85. The van der Waals surface area contributed by atoms with E-state index in [-0.39, 0.29) is 5.97 Å². The average Bonchev–Trinajstić information content (AvgIpc) is 2.77. The van der Waals surface area contributed by atoms with E-state index in [4.69, 9.17) is 9.47 Å². The molecular weight excluding hydrogens is 364 g/mol. The number of ether oxygens (including phenoxy) is 2. The number of esters is 2. The third kappa shape index (κ3) is 4.43. The first kappa shape index (κ1) is 20.1. The van der Waals surface area contributed by atoms with Crippen LogP contribution in [-0.2, 0) is 14.3 Å². The van der Waals surface area contributed by atoms with Gasteiger partial charge in [-0.2, -0.15) is 0 Å². The third-order valence-corrected chi connectivity index (χ3v) is 4.68. The van der Waals surface area contributed by atoms with Crippen LogP contribution in [-0.4, -0.2) is 26.2 Å². The second-order valence-electron chi connectivity index (χ2n) is 6.53. The number of hydrogen-bond donors (Lipinski definition) is 0. The average molecular weight is 386 g/mol. The zero-order valence-corrected chi connectivity index (χ0v) is 16.6. The Kier molecular flexibility index (Phi) is 6.25. The molecule has 0 radical (unpaired) electrons. The summed E-state index contributed by atoms with van der Waals surface area (Å²) in [6.07, 6.45) is 1.83. The molecule has 0 aromatic heterocycles. The van der Waals surface area contributed by atoms with Crippen molar-refractivity contribution in [1.29, 1.82) is 0 Å². The minimum Gasteiger partial charge on any atom is -0.465 e. The Labute approximate surface area is 170 Å². The lowest BCUT2D eigenvalue weighted by atomic mass is 9.89. The predicted octanol–water partition coefficient (Wildman–Crippen LogP) is 5.16. The van der Waals surface area contributed by atoms with Crippen molar-refractivity contribution in [3.63, 3.8) is 0 Å². The van der Waals surface area contributed by atoms with Crippen molar-refractivity contribution in [3.05, 3.63) is 95.1 Å². The van der Waals surface area contributed by atoms with Crippen molar-refractivity contribution in [3.8, 4) is 11.1 Å². The minimum absolute atomic E-state index is 0.389. The highest BCUT2D eigenvalue weighted by Crippen LogP contribution is 2.33. The van der Waals surface area contributed by atoms with Gasteiger partial charge in [0.25, 0.3) is 0 Å². The maximum Gasteiger partial charge on any atom is 0.338 e. The van der Waals surface area contributed by atoms with Gasteiger partial charge in [0.05, 0.1) is 25.4 Å². The molecule has 146 valence electrons. The normalized spacial score (nSPS) is 11.1. The fraction of sp³-hybridized carbons (Fsp3) is 0.120. The molecule has 0 amide bonds. The molecule has 0 aliphatic rings. The molecular formula is C25H22O4. The fourth-order valence-corrected chi connectivity index (χ4v) is 3.23. The monoisotopic (exact) mass is 386 g/mol. The molecule has 3 aromatic carbocycles. The number of aryl methyl sites for hydroxylation is 1. The summed E-state index contributed by atoms with van der Waals surface area (Å²) in [4.78, 5) is 24.4. The quantitative estimate of drug-likeness (QED) is 0.345. The Hall–Kier alpha value is -3.66. The summed E-state index contributed by atoms with van der Waals surface area (Å²) in [7, 11) is 2.73. The maximum absolute atomic E-state index is 12.7. The van der Waals surface area contributed by atoms with Crippen LogP contribution >= 0.6 is 0 Å². The van der Waals surface area contributed by atoms with Crippen LogP contribution in [0.25, 0.3) is 22.8 Å².